The Bertz CT molecular complexity index is 855. The van der Waals surface area contributed by atoms with Crippen molar-refractivity contribution in [3.63, 3.8) is 0 Å². The highest BCUT2D eigenvalue weighted by atomic mass is 16.4. The van der Waals surface area contributed by atoms with E-state index in [9.17, 15) is 9.90 Å². The van der Waals surface area contributed by atoms with Crippen LogP contribution in [0, 0.1) is 6.92 Å². The van der Waals surface area contributed by atoms with E-state index in [1.165, 1.54) is 0 Å². The minimum atomic E-state index is -0.967. The highest BCUT2D eigenvalue weighted by Gasteiger charge is 2.17. The van der Waals surface area contributed by atoms with Gasteiger partial charge in [-0.05, 0) is 36.8 Å². The predicted octanol–water partition coefficient (Wildman–Crippen LogP) is 2.51. The van der Waals surface area contributed by atoms with Gasteiger partial charge in [0.2, 0.25) is 0 Å². The predicted molar refractivity (Wildman–Crippen MR) is 83.2 cm³/mol. The summed E-state index contributed by atoms with van der Waals surface area (Å²) in [6, 6.07) is 10.7. The number of carboxylic acid groups (broad SMARTS) is 1. The molecule has 0 saturated heterocycles. The second kappa shape index (κ2) is 5.40. The molecule has 2 heterocycles. The lowest BCUT2D eigenvalue weighted by Crippen LogP contribution is -2.14. The summed E-state index contributed by atoms with van der Waals surface area (Å²) in [5.74, 6) is -0.329. The third-order valence-electron chi connectivity index (χ3n) is 3.35. The number of hydrogen-bond donors (Lipinski definition) is 3. The quantitative estimate of drug-likeness (QED) is 0.689. The monoisotopic (exact) mass is 297 g/mol. The zero-order valence-electron chi connectivity index (χ0n) is 11.9. The summed E-state index contributed by atoms with van der Waals surface area (Å²) < 4.78 is 1.78. The van der Waals surface area contributed by atoms with E-state index in [2.05, 4.69) is 10.3 Å². The normalized spacial score (nSPS) is 10.8. The number of carbonyl (C=O) groups is 1. The standard InChI is InChI=1S/C16H15N3O3/c1-10-6-7-19-13(8-10)18-15(16(19)17-9-14(21)22)11-4-2-3-5-12(11)20/h2-8,17,20H,9H2,1H3,(H,21,22). The van der Waals surface area contributed by atoms with Crippen molar-refractivity contribution in [3.8, 4) is 17.0 Å². The van der Waals surface area contributed by atoms with Crippen molar-refractivity contribution in [2.45, 2.75) is 6.92 Å². The van der Waals surface area contributed by atoms with E-state index in [0.717, 1.165) is 5.56 Å². The molecule has 0 aliphatic heterocycles. The van der Waals surface area contributed by atoms with Gasteiger partial charge < -0.3 is 15.5 Å². The van der Waals surface area contributed by atoms with Gasteiger partial charge in [0.15, 0.2) is 0 Å². The van der Waals surface area contributed by atoms with Crippen molar-refractivity contribution in [3.05, 3.63) is 48.2 Å². The molecule has 3 rings (SSSR count). The van der Waals surface area contributed by atoms with Crippen LogP contribution in [0.25, 0.3) is 16.9 Å². The lowest BCUT2D eigenvalue weighted by molar-refractivity contribution is -0.134. The van der Waals surface area contributed by atoms with E-state index in [0.29, 0.717) is 22.7 Å². The van der Waals surface area contributed by atoms with Crippen LogP contribution in [-0.4, -0.2) is 32.1 Å². The van der Waals surface area contributed by atoms with Crippen molar-refractivity contribution < 1.29 is 15.0 Å². The Balaban J connectivity index is 2.21. The smallest absolute Gasteiger partial charge is 0.322 e. The topological polar surface area (TPSA) is 86.9 Å². The Hall–Kier alpha value is -3.02. The van der Waals surface area contributed by atoms with E-state index in [1.54, 1.807) is 28.7 Å². The summed E-state index contributed by atoms with van der Waals surface area (Å²) in [6.07, 6.45) is 1.82. The Kier molecular flexibility index (Phi) is 3.42. The molecule has 0 aliphatic carbocycles. The van der Waals surface area contributed by atoms with Gasteiger partial charge in [0.25, 0.3) is 0 Å². The van der Waals surface area contributed by atoms with Gasteiger partial charge in [0.1, 0.15) is 29.5 Å². The number of aromatic nitrogens is 2. The van der Waals surface area contributed by atoms with Crippen LogP contribution in [0.3, 0.4) is 0 Å². The lowest BCUT2D eigenvalue weighted by Gasteiger charge is -2.07. The molecule has 0 unspecified atom stereocenters. The van der Waals surface area contributed by atoms with E-state index in [-0.39, 0.29) is 12.3 Å². The van der Waals surface area contributed by atoms with Crippen molar-refractivity contribution in [2.75, 3.05) is 11.9 Å². The molecule has 3 N–H and O–H groups in total. The van der Waals surface area contributed by atoms with Crippen LogP contribution >= 0.6 is 0 Å². The van der Waals surface area contributed by atoms with Crippen LogP contribution < -0.4 is 5.32 Å². The minimum absolute atomic E-state index is 0.0982. The molecule has 1 aromatic carbocycles. The van der Waals surface area contributed by atoms with Crippen LogP contribution in [-0.2, 0) is 4.79 Å². The van der Waals surface area contributed by atoms with Crippen molar-refractivity contribution in [1.82, 2.24) is 9.38 Å². The fourth-order valence-electron chi connectivity index (χ4n) is 2.34. The van der Waals surface area contributed by atoms with Gasteiger partial charge in [-0.2, -0.15) is 0 Å². The number of phenols is 1. The van der Waals surface area contributed by atoms with E-state index < -0.39 is 5.97 Å². The summed E-state index contributed by atoms with van der Waals surface area (Å²) >= 11 is 0. The molecule has 2 aromatic heterocycles. The first-order valence-electron chi connectivity index (χ1n) is 6.79. The summed E-state index contributed by atoms with van der Waals surface area (Å²) in [7, 11) is 0. The minimum Gasteiger partial charge on any atom is -0.507 e. The Labute approximate surface area is 126 Å². The fraction of sp³-hybridized carbons (Fsp3) is 0.125. The number of anilines is 1. The molecular weight excluding hydrogens is 282 g/mol. The molecule has 0 spiro atoms. The van der Waals surface area contributed by atoms with Gasteiger partial charge in [0, 0.05) is 11.8 Å². The molecule has 0 fully saturated rings. The zero-order chi connectivity index (χ0) is 15.7. The van der Waals surface area contributed by atoms with Crippen molar-refractivity contribution >= 4 is 17.4 Å². The van der Waals surface area contributed by atoms with Gasteiger partial charge in [-0.3, -0.25) is 9.20 Å². The zero-order valence-corrected chi connectivity index (χ0v) is 11.9. The summed E-state index contributed by atoms with van der Waals surface area (Å²) in [5.41, 5.74) is 2.80. The van der Waals surface area contributed by atoms with Crippen LogP contribution in [0.15, 0.2) is 42.6 Å². The number of fused-ring (bicyclic) bond motifs is 1. The Morgan fingerprint density at radius 3 is 2.82 bits per heavy atom. The molecule has 0 aliphatic rings. The number of aryl methyl sites for hydroxylation is 1. The summed E-state index contributed by atoms with van der Waals surface area (Å²) in [4.78, 5) is 15.4. The second-order valence-electron chi connectivity index (χ2n) is 5.01. The lowest BCUT2D eigenvalue weighted by atomic mass is 10.1. The number of carboxylic acids is 1. The fourth-order valence-corrected chi connectivity index (χ4v) is 2.34. The number of aromatic hydroxyl groups is 1. The number of nitrogens with zero attached hydrogens (tertiary/aromatic N) is 2. The van der Waals surface area contributed by atoms with Crippen molar-refractivity contribution in [1.29, 1.82) is 0 Å². The average Bonchev–Trinajstić information content (AvgIpc) is 2.83. The number of aliphatic carboxylic acids is 1. The maximum absolute atomic E-state index is 10.9. The second-order valence-corrected chi connectivity index (χ2v) is 5.01. The number of pyridine rings is 1. The van der Waals surface area contributed by atoms with Gasteiger partial charge in [-0.25, -0.2) is 4.98 Å². The van der Waals surface area contributed by atoms with E-state index in [4.69, 9.17) is 5.11 Å². The number of phenolic OH excluding ortho intramolecular Hbond substituents is 1. The van der Waals surface area contributed by atoms with Crippen LogP contribution in [0.2, 0.25) is 0 Å². The number of para-hydroxylation sites is 1. The van der Waals surface area contributed by atoms with Gasteiger partial charge in [0.05, 0.1) is 0 Å². The average molecular weight is 297 g/mol. The third kappa shape index (κ3) is 2.46. The number of imidazole rings is 1. The molecular formula is C16H15N3O3. The van der Waals surface area contributed by atoms with Gasteiger partial charge >= 0.3 is 5.97 Å². The molecule has 0 atom stereocenters. The number of benzene rings is 1. The first-order chi connectivity index (χ1) is 10.6. The Morgan fingerprint density at radius 1 is 1.32 bits per heavy atom. The molecule has 6 nitrogen and oxygen atoms in total. The summed E-state index contributed by atoms with van der Waals surface area (Å²) in [6.45, 7) is 1.72. The van der Waals surface area contributed by atoms with E-state index in [1.807, 2.05) is 25.3 Å². The van der Waals surface area contributed by atoms with Crippen LogP contribution in [0.4, 0.5) is 5.82 Å². The Morgan fingerprint density at radius 2 is 2.09 bits per heavy atom. The van der Waals surface area contributed by atoms with Gasteiger partial charge in [-0.15, -0.1) is 0 Å². The molecule has 6 heteroatoms. The van der Waals surface area contributed by atoms with Crippen molar-refractivity contribution in [2.24, 2.45) is 0 Å². The highest BCUT2D eigenvalue weighted by molar-refractivity contribution is 5.82. The first-order valence-corrected chi connectivity index (χ1v) is 6.79. The molecule has 0 bridgehead atoms. The number of nitrogens with one attached hydrogen (secondary N) is 1. The van der Waals surface area contributed by atoms with Gasteiger partial charge in [-0.1, -0.05) is 12.1 Å². The van der Waals surface area contributed by atoms with E-state index >= 15 is 0 Å². The molecule has 3 aromatic rings. The molecule has 0 amide bonds. The molecule has 0 saturated carbocycles. The van der Waals surface area contributed by atoms with Crippen LogP contribution in [0.5, 0.6) is 5.75 Å². The maximum Gasteiger partial charge on any atom is 0.322 e. The molecule has 22 heavy (non-hydrogen) atoms. The SMILES string of the molecule is Cc1ccn2c(NCC(=O)O)c(-c3ccccc3O)nc2c1. The number of hydrogen-bond acceptors (Lipinski definition) is 4. The number of rotatable bonds is 4. The first kappa shape index (κ1) is 13.9. The van der Waals surface area contributed by atoms with Crippen LogP contribution in [0.1, 0.15) is 5.56 Å². The third-order valence-corrected chi connectivity index (χ3v) is 3.35. The maximum atomic E-state index is 10.9. The highest BCUT2D eigenvalue weighted by Crippen LogP contribution is 2.34. The largest absolute Gasteiger partial charge is 0.507 e. The molecule has 0 radical (unpaired) electrons. The summed E-state index contributed by atoms with van der Waals surface area (Å²) in [5, 5.41) is 21.8. The molecule has 112 valence electrons.